The quantitative estimate of drug-likeness (QED) is 0.138. The summed E-state index contributed by atoms with van der Waals surface area (Å²) in [5.41, 5.74) is 1.15. The minimum absolute atomic E-state index is 0.163. The maximum atomic E-state index is 13.1. The van der Waals surface area contributed by atoms with Gasteiger partial charge < -0.3 is 23.8 Å². The van der Waals surface area contributed by atoms with Gasteiger partial charge in [-0.15, -0.1) is 0 Å². The number of anilines is 1. The number of nitrogens with zero attached hydrogens (tertiary/aromatic N) is 1. The molecule has 0 amide bonds. The topological polar surface area (TPSA) is 91.4 Å². The second-order valence-electron chi connectivity index (χ2n) is 7.32. The zero-order valence-electron chi connectivity index (χ0n) is 19.2. The molecule has 3 rings (SSSR count). The van der Waals surface area contributed by atoms with E-state index in [-0.39, 0.29) is 29.9 Å². The Morgan fingerprint density at radius 1 is 1.00 bits per heavy atom. The van der Waals surface area contributed by atoms with E-state index in [1.807, 2.05) is 31.3 Å². The maximum Gasteiger partial charge on any atom is 0.342 e. The Labute approximate surface area is 197 Å². The Hall–Kier alpha value is -4.33. The smallest absolute Gasteiger partial charge is 0.342 e. The minimum atomic E-state index is -0.859. The van der Waals surface area contributed by atoms with Gasteiger partial charge in [-0.1, -0.05) is 18.7 Å². The van der Waals surface area contributed by atoms with Crippen LogP contribution in [0.15, 0.2) is 84.3 Å². The van der Waals surface area contributed by atoms with E-state index in [0.29, 0.717) is 17.4 Å². The number of carbonyl (C=O) groups is 3. The molecule has 34 heavy (non-hydrogen) atoms. The second-order valence-corrected chi connectivity index (χ2v) is 7.32. The zero-order chi connectivity index (χ0) is 24.7. The summed E-state index contributed by atoms with van der Waals surface area (Å²) in [6.07, 6.45) is 2.88. The highest BCUT2D eigenvalue weighted by molar-refractivity contribution is 6.24. The van der Waals surface area contributed by atoms with Gasteiger partial charge in [-0.05, 0) is 55.5 Å². The predicted octanol–water partition coefficient (Wildman–Crippen LogP) is 3.84. The fourth-order valence-electron chi connectivity index (χ4n) is 3.02. The van der Waals surface area contributed by atoms with Crippen molar-refractivity contribution in [3.63, 3.8) is 0 Å². The number of ether oxygens (including phenoxy) is 4. The van der Waals surface area contributed by atoms with Crippen molar-refractivity contribution in [1.29, 1.82) is 0 Å². The van der Waals surface area contributed by atoms with E-state index in [1.54, 1.807) is 29.2 Å². The molecule has 0 spiro atoms. The van der Waals surface area contributed by atoms with Crippen LogP contribution in [-0.2, 0) is 19.1 Å². The van der Waals surface area contributed by atoms with E-state index in [2.05, 4.69) is 6.58 Å². The molecule has 0 unspecified atom stereocenters. The van der Waals surface area contributed by atoms with Gasteiger partial charge in [0.25, 0.3) is 0 Å². The molecule has 0 saturated heterocycles. The van der Waals surface area contributed by atoms with Gasteiger partial charge in [-0.3, -0.25) is 4.79 Å². The molecule has 0 saturated carbocycles. The normalized spacial score (nSPS) is 13.7. The standard InChI is InChI=1S/C26H25NO7/c1-17(2)25(29)32-15-16-33-26(30)20(24(28)18-9-11-19(31-4)12-10-18)13-14-23-27(3)21-7-5-6-8-22(21)34-23/h5-14H,1,15-16H2,2-4H3/b20-13+,23-14-. The Morgan fingerprint density at radius 3 is 2.26 bits per heavy atom. The lowest BCUT2D eigenvalue weighted by Crippen LogP contribution is -2.20. The number of Topliss-reactive ketones (excluding diaryl/α,β-unsaturated/α-hetero) is 1. The summed E-state index contributed by atoms with van der Waals surface area (Å²) in [6.45, 7) is 4.61. The summed E-state index contributed by atoms with van der Waals surface area (Å²) in [6, 6.07) is 13.8. The first-order chi connectivity index (χ1) is 16.3. The Bertz CT molecular complexity index is 1160. The number of ketones is 1. The number of allylic oxidation sites excluding steroid dienone is 2. The third kappa shape index (κ3) is 5.72. The average Bonchev–Trinajstić information content (AvgIpc) is 3.17. The number of hydrogen-bond acceptors (Lipinski definition) is 8. The molecule has 2 aromatic rings. The van der Waals surface area contributed by atoms with Gasteiger partial charge >= 0.3 is 11.9 Å². The molecular formula is C26H25NO7. The number of carbonyl (C=O) groups excluding carboxylic acids is 3. The molecule has 176 valence electrons. The highest BCUT2D eigenvalue weighted by atomic mass is 16.6. The number of para-hydroxylation sites is 2. The largest absolute Gasteiger partial charge is 0.497 e. The fraction of sp³-hybridized carbons (Fsp3) is 0.192. The Kier molecular flexibility index (Phi) is 7.87. The third-order valence-electron chi connectivity index (χ3n) is 4.88. The average molecular weight is 463 g/mol. The molecule has 1 aliphatic rings. The van der Waals surface area contributed by atoms with Crippen LogP contribution in [0, 0.1) is 0 Å². The molecule has 8 heteroatoms. The zero-order valence-corrected chi connectivity index (χ0v) is 19.2. The van der Waals surface area contributed by atoms with Crippen molar-refractivity contribution in [3.8, 4) is 11.5 Å². The second kappa shape index (κ2) is 11.0. The first kappa shape index (κ1) is 24.3. The van der Waals surface area contributed by atoms with E-state index in [0.717, 1.165) is 5.69 Å². The minimum Gasteiger partial charge on any atom is -0.497 e. The Balaban J connectivity index is 1.81. The van der Waals surface area contributed by atoms with Crippen LogP contribution < -0.4 is 14.4 Å². The lowest BCUT2D eigenvalue weighted by molar-refractivity contribution is -0.147. The number of benzene rings is 2. The van der Waals surface area contributed by atoms with Gasteiger partial charge in [0.1, 0.15) is 24.5 Å². The third-order valence-corrected chi connectivity index (χ3v) is 4.88. The van der Waals surface area contributed by atoms with E-state index in [1.165, 1.54) is 26.2 Å². The van der Waals surface area contributed by atoms with Crippen molar-refractivity contribution >= 4 is 23.4 Å². The Morgan fingerprint density at radius 2 is 1.65 bits per heavy atom. The highest BCUT2D eigenvalue weighted by Gasteiger charge is 2.24. The van der Waals surface area contributed by atoms with Gasteiger partial charge in [0.15, 0.2) is 17.4 Å². The summed E-state index contributed by atoms with van der Waals surface area (Å²) in [5, 5.41) is 0. The molecule has 8 nitrogen and oxygen atoms in total. The van der Waals surface area contributed by atoms with Crippen molar-refractivity contribution < 1.29 is 33.3 Å². The number of rotatable bonds is 9. The first-order valence-electron chi connectivity index (χ1n) is 10.4. The monoisotopic (exact) mass is 463 g/mol. The van der Waals surface area contributed by atoms with Crippen LogP contribution in [0.4, 0.5) is 5.69 Å². The van der Waals surface area contributed by atoms with Crippen LogP contribution in [-0.4, -0.2) is 45.1 Å². The van der Waals surface area contributed by atoms with Crippen molar-refractivity contribution in [3.05, 3.63) is 89.9 Å². The van der Waals surface area contributed by atoms with Gasteiger partial charge in [-0.25, -0.2) is 9.59 Å². The molecular weight excluding hydrogens is 438 g/mol. The number of methoxy groups -OCH3 is 1. The van der Waals surface area contributed by atoms with Gasteiger partial charge in [-0.2, -0.15) is 0 Å². The summed E-state index contributed by atoms with van der Waals surface area (Å²) in [5.74, 6) is -0.320. The molecule has 0 atom stereocenters. The summed E-state index contributed by atoms with van der Waals surface area (Å²) >= 11 is 0. The SMILES string of the molecule is C=C(C)C(=O)OCCOC(=O)/C(=C/C=C1\Oc2ccccc2N1C)C(=O)c1ccc(OC)cc1. The van der Waals surface area contributed by atoms with Crippen LogP contribution in [0.5, 0.6) is 11.5 Å². The summed E-state index contributed by atoms with van der Waals surface area (Å²) in [7, 11) is 3.33. The molecule has 0 aliphatic carbocycles. The highest BCUT2D eigenvalue weighted by Crippen LogP contribution is 2.37. The van der Waals surface area contributed by atoms with Gasteiger partial charge in [0.2, 0.25) is 0 Å². The molecule has 0 radical (unpaired) electrons. The van der Waals surface area contributed by atoms with E-state index >= 15 is 0 Å². The lowest BCUT2D eigenvalue weighted by atomic mass is 10.0. The van der Waals surface area contributed by atoms with Crippen LogP contribution in [0.1, 0.15) is 17.3 Å². The number of hydrogen-bond donors (Lipinski definition) is 0. The number of esters is 2. The van der Waals surface area contributed by atoms with E-state index in [4.69, 9.17) is 18.9 Å². The van der Waals surface area contributed by atoms with Crippen LogP contribution in [0.3, 0.4) is 0 Å². The molecule has 0 bridgehead atoms. The van der Waals surface area contributed by atoms with Crippen LogP contribution >= 0.6 is 0 Å². The van der Waals surface area contributed by atoms with Crippen molar-refractivity contribution in [1.82, 2.24) is 0 Å². The lowest BCUT2D eigenvalue weighted by Gasteiger charge is -2.11. The molecule has 1 heterocycles. The predicted molar refractivity (Wildman–Crippen MR) is 126 cm³/mol. The van der Waals surface area contributed by atoms with Crippen molar-refractivity contribution in [2.24, 2.45) is 0 Å². The van der Waals surface area contributed by atoms with Crippen molar-refractivity contribution in [2.75, 3.05) is 32.3 Å². The molecule has 0 fully saturated rings. The summed E-state index contributed by atoms with van der Waals surface area (Å²) in [4.78, 5) is 39.2. The van der Waals surface area contributed by atoms with E-state index < -0.39 is 17.7 Å². The molecule has 2 aromatic carbocycles. The maximum absolute atomic E-state index is 13.1. The number of fused-ring (bicyclic) bond motifs is 1. The first-order valence-corrected chi connectivity index (χ1v) is 10.4. The van der Waals surface area contributed by atoms with Crippen LogP contribution in [0.2, 0.25) is 0 Å². The van der Waals surface area contributed by atoms with Gasteiger partial charge in [0.05, 0.1) is 12.8 Å². The summed E-state index contributed by atoms with van der Waals surface area (Å²) < 4.78 is 21.0. The molecule has 1 aliphatic heterocycles. The molecule has 0 N–H and O–H groups in total. The molecule has 0 aromatic heterocycles. The van der Waals surface area contributed by atoms with Gasteiger partial charge in [0, 0.05) is 18.2 Å². The fourth-order valence-corrected chi connectivity index (χ4v) is 3.02. The van der Waals surface area contributed by atoms with Crippen LogP contribution in [0.25, 0.3) is 0 Å². The van der Waals surface area contributed by atoms with E-state index in [9.17, 15) is 14.4 Å². The van der Waals surface area contributed by atoms with Crippen molar-refractivity contribution in [2.45, 2.75) is 6.92 Å².